The van der Waals surface area contributed by atoms with Crippen molar-refractivity contribution in [2.45, 2.75) is 0 Å². The molecule has 4 rings (SSSR count). The minimum atomic E-state index is -0.554. The van der Waals surface area contributed by atoms with Crippen LogP contribution in [-0.2, 0) is 4.79 Å². The number of ether oxygens (including phenoxy) is 2. The molecule has 0 aliphatic heterocycles. The van der Waals surface area contributed by atoms with Crippen molar-refractivity contribution in [3.8, 4) is 17.2 Å². The number of anilines is 1. The highest BCUT2D eigenvalue weighted by atomic mass is 79.9. The zero-order valence-corrected chi connectivity index (χ0v) is 20.8. The number of hydrogen-bond donors (Lipinski definition) is 3. The molecule has 182 valence electrons. The molecule has 0 aliphatic rings. The van der Waals surface area contributed by atoms with Crippen LogP contribution in [-0.4, -0.2) is 36.9 Å². The quantitative estimate of drug-likeness (QED) is 0.210. The van der Waals surface area contributed by atoms with Gasteiger partial charge in [0.25, 0.3) is 11.8 Å². The van der Waals surface area contributed by atoms with E-state index < -0.39 is 5.91 Å². The zero-order valence-electron chi connectivity index (χ0n) is 19.2. The minimum Gasteiger partial charge on any atom is -0.507 e. The van der Waals surface area contributed by atoms with Gasteiger partial charge in [-0.1, -0.05) is 42.5 Å². The minimum absolute atomic E-state index is 0.111. The molecule has 0 atom stereocenters. The number of hydrogen-bond acceptors (Lipinski definition) is 6. The molecule has 0 radical (unpaired) electrons. The monoisotopic (exact) mass is 547 g/mol. The largest absolute Gasteiger partial charge is 0.507 e. The maximum Gasteiger partial charge on any atom is 0.275 e. The summed E-state index contributed by atoms with van der Waals surface area (Å²) in [6.07, 6.45) is 1.43. The molecule has 0 fully saturated rings. The van der Waals surface area contributed by atoms with Crippen molar-refractivity contribution in [1.29, 1.82) is 0 Å². The summed E-state index contributed by atoms with van der Waals surface area (Å²) in [7, 11) is 1.48. The number of phenolic OH excluding ortho intramolecular Hbond substituents is 1. The van der Waals surface area contributed by atoms with Gasteiger partial charge in [-0.2, -0.15) is 5.10 Å². The Hall–Kier alpha value is -4.37. The topological polar surface area (TPSA) is 109 Å². The van der Waals surface area contributed by atoms with Gasteiger partial charge in [0.15, 0.2) is 18.1 Å². The van der Waals surface area contributed by atoms with Gasteiger partial charge in [-0.3, -0.25) is 9.59 Å². The molecule has 36 heavy (non-hydrogen) atoms. The summed E-state index contributed by atoms with van der Waals surface area (Å²) in [4.78, 5) is 24.8. The Morgan fingerprint density at radius 3 is 2.39 bits per heavy atom. The Morgan fingerprint density at radius 1 is 0.972 bits per heavy atom. The summed E-state index contributed by atoms with van der Waals surface area (Å²) < 4.78 is 11.6. The third kappa shape index (κ3) is 6.00. The molecule has 0 aromatic heterocycles. The maximum absolute atomic E-state index is 12.6. The first kappa shape index (κ1) is 24.7. The lowest BCUT2D eigenvalue weighted by molar-refractivity contribution is -0.118. The summed E-state index contributed by atoms with van der Waals surface area (Å²) in [5.41, 5.74) is 3.80. The predicted molar refractivity (Wildman–Crippen MR) is 142 cm³/mol. The van der Waals surface area contributed by atoms with Crippen LogP contribution in [0.3, 0.4) is 0 Å². The lowest BCUT2D eigenvalue weighted by atomic mass is 10.1. The molecule has 0 spiro atoms. The molecule has 9 heteroatoms. The van der Waals surface area contributed by atoms with Crippen LogP contribution >= 0.6 is 15.9 Å². The Kier molecular flexibility index (Phi) is 7.82. The number of fused-ring (bicyclic) bond motifs is 1. The number of rotatable bonds is 8. The number of nitrogens with one attached hydrogen (secondary N) is 2. The van der Waals surface area contributed by atoms with E-state index in [1.54, 1.807) is 30.3 Å². The van der Waals surface area contributed by atoms with E-state index >= 15 is 0 Å². The molecular formula is C27H22BrN3O5. The number of halogens is 1. The summed E-state index contributed by atoms with van der Waals surface area (Å²) in [5, 5.41) is 18.6. The highest BCUT2D eigenvalue weighted by molar-refractivity contribution is 9.10. The summed E-state index contributed by atoms with van der Waals surface area (Å²) >= 11 is 3.44. The highest BCUT2D eigenvalue weighted by Crippen LogP contribution is 2.33. The normalized spacial score (nSPS) is 10.8. The molecule has 2 amide bonds. The second-order valence-electron chi connectivity index (χ2n) is 7.64. The van der Waals surface area contributed by atoms with Gasteiger partial charge in [0.1, 0.15) is 5.75 Å². The highest BCUT2D eigenvalue weighted by Gasteiger charge is 2.14. The smallest absolute Gasteiger partial charge is 0.275 e. The van der Waals surface area contributed by atoms with Crippen molar-refractivity contribution in [1.82, 2.24) is 5.43 Å². The number of benzene rings is 4. The number of aromatic hydroxyl groups is 1. The van der Waals surface area contributed by atoms with E-state index in [2.05, 4.69) is 31.8 Å². The maximum atomic E-state index is 12.6. The van der Waals surface area contributed by atoms with Crippen LogP contribution in [0.5, 0.6) is 17.2 Å². The molecular weight excluding hydrogens is 526 g/mol. The summed E-state index contributed by atoms with van der Waals surface area (Å²) in [5.74, 6) is -0.269. The third-order valence-electron chi connectivity index (χ3n) is 5.18. The third-order valence-corrected chi connectivity index (χ3v) is 5.86. The van der Waals surface area contributed by atoms with Gasteiger partial charge >= 0.3 is 0 Å². The predicted octanol–water partition coefficient (Wildman–Crippen LogP) is 5.10. The van der Waals surface area contributed by atoms with Crippen LogP contribution in [0.2, 0.25) is 0 Å². The molecule has 0 saturated carbocycles. The molecule has 4 aromatic rings. The van der Waals surface area contributed by atoms with Crippen LogP contribution in [0.4, 0.5) is 5.69 Å². The molecule has 8 nitrogen and oxygen atoms in total. The second kappa shape index (κ2) is 11.4. The van der Waals surface area contributed by atoms with Gasteiger partial charge in [0, 0.05) is 15.7 Å². The summed E-state index contributed by atoms with van der Waals surface area (Å²) in [6, 6.07) is 22.9. The van der Waals surface area contributed by atoms with Gasteiger partial charge in [0.05, 0.1) is 18.9 Å². The van der Waals surface area contributed by atoms with Crippen molar-refractivity contribution < 1.29 is 24.2 Å². The van der Waals surface area contributed by atoms with E-state index in [1.165, 1.54) is 19.4 Å². The summed E-state index contributed by atoms with van der Waals surface area (Å²) in [6.45, 7) is -0.212. The molecule has 0 bridgehead atoms. The van der Waals surface area contributed by atoms with Crippen molar-refractivity contribution >= 4 is 50.4 Å². The number of carbonyl (C=O) groups is 2. The molecule has 4 aromatic carbocycles. The van der Waals surface area contributed by atoms with Gasteiger partial charge in [-0.05, 0) is 63.1 Å². The number of hydrazone groups is 1. The van der Waals surface area contributed by atoms with Gasteiger partial charge < -0.3 is 19.9 Å². The van der Waals surface area contributed by atoms with E-state index in [0.29, 0.717) is 27.2 Å². The van der Waals surface area contributed by atoms with Crippen molar-refractivity contribution in [3.63, 3.8) is 0 Å². The standard InChI is InChI=1S/C27H22BrN3O5/c1-35-24-13-19(22(28)14-25(24)36-16-26(33)30-20-9-3-2-4-10-20)15-29-31-27(34)21-11-17-7-5-6-8-18(17)12-23(21)32/h2-15,32H,16H2,1H3,(H,30,33)(H,31,34). The molecule has 0 heterocycles. The first-order valence-corrected chi connectivity index (χ1v) is 11.6. The van der Waals surface area contributed by atoms with Crippen LogP contribution < -0.4 is 20.2 Å². The number of carbonyl (C=O) groups excluding carboxylic acids is 2. The first-order chi connectivity index (χ1) is 17.4. The number of phenols is 1. The fourth-order valence-corrected chi connectivity index (χ4v) is 3.84. The Morgan fingerprint density at radius 2 is 1.67 bits per heavy atom. The average Bonchev–Trinajstić information content (AvgIpc) is 2.88. The Labute approximate surface area is 215 Å². The first-order valence-electron chi connectivity index (χ1n) is 10.8. The second-order valence-corrected chi connectivity index (χ2v) is 8.50. The van der Waals surface area contributed by atoms with Crippen molar-refractivity contribution in [3.05, 3.63) is 94.5 Å². The number of methoxy groups -OCH3 is 1. The fraction of sp³-hybridized carbons (Fsp3) is 0.0741. The Bertz CT molecular complexity index is 1440. The molecule has 0 unspecified atom stereocenters. The van der Waals surface area contributed by atoms with E-state index in [9.17, 15) is 14.7 Å². The van der Waals surface area contributed by atoms with E-state index in [-0.39, 0.29) is 23.8 Å². The lowest BCUT2D eigenvalue weighted by Crippen LogP contribution is -2.20. The van der Waals surface area contributed by atoms with Crippen molar-refractivity contribution in [2.75, 3.05) is 19.0 Å². The lowest BCUT2D eigenvalue weighted by Gasteiger charge is -2.13. The fourth-order valence-electron chi connectivity index (χ4n) is 3.41. The van der Waals surface area contributed by atoms with Gasteiger partial charge in [0.2, 0.25) is 0 Å². The van der Waals surface area contributed by atoms with Gasteiger partial charge in [-0.15, -0.1) is 0 Å². The van der Waals surface area contributed by atoms with E-state index in [1.807, 2.05) is 42.5 Å². The van der Waals surface area contributed by atoms with E-state index in [4.69, 9.17) is 9.47 Å². The SMILES string of the molecule is COc1cc(C=NNC(=O)c2cc3ccccc3cc2O)c(Br)cc1OCC(=O)Nc1ccccc1. The zero-order chi connectivity index (χ0) is 25.5. The van der Waals surface area contributed by atoms with E-state index in [0.717, 1.165) is 10.8 Å². The molecule has 3 N–H and O–H groups in total. The number of amides is 2. The number of nitrogens with zero attached hydrogens (tertiary/aromatic N) is 1. The van der Waals surface area contributed by atoms with Gasteiger partial charge in [-0.25, -0.2) is 5.43 Å². The van der Waals surface area contributed by atoms with Crippen LogP contribution in [0.25, 0.3) is 10.8 Å². The van der Waals surface area contributed by atoms with Crippen molar-refractivity contribution in [2.24, 2.45) is 5.10 Å². The van der Waals surface area contributed by atoms with Crippen LogP contribution in [0.15, 0.2) is 88.4 Å². The van der Waals surface area contributed by atoms with Crippen LogP contribution in [0, 0.1) is 0 Å². The van der Waals surface area contributed by atoms with Crippen LogP contribution in [0.1, 0.15) is 15.9 Å². The average molecular weight is 548 g/mol. The molecule has 0 saturated heterocycles. The molecule has 0 aliphatic carbocycles. The Balaban J connectivity index is 1.41. The number of para-hydroxylation sites is 1.